The Hall–Kier alpha value is -0.660. The van der Waals surface area contributed by atoms with E-state index in [0.717, 1.165) is 4.31 Å². The van der Waals surface area contributed by atoms with Crippen LogP contribution in [0.1, 0.15) is 13.8 Å². The summed E-state index contributed by atoms with van der Waals surface area (Å²) in [6.07, 6.45) is 0. The summed E-state index contributed by atoms with van der Waals surface area (Å²) in [6.45, 7) is 2.43. The van der Waals surface area contributed by atoms with Crippen molar-refractivity contribution in [3.05, 3.63) is 0 Å². The predicted octanol–water partition coefficient (Wildman–Crippen LogP) is -0.838. The van der Waals surface area contributed by atoms with Gasteiger partial charge in [0.25, 0.3) is 5.91 Å². The maximum absolute atomic E-state index is 11.5. The van der Waals surface area contributed by atoms with Gasteiger partial charge in [0.2, 0.25) is 10.0 Å². The zero-order valence-corrected chi connectivity index (χ0v) is 8.84. The van der Waals surface area contributed by atoms with Crippen LogP contribution in [-0.2, 0) is 14.8 Å². The zero-order valence-electron chi connectivity index (χ0n) is 8.03. The molecule has 0 heterocycles. The van der Waals surface area contributed by atoms with E-state index in [4.69, 9.17) is 5.21 Å². The molecule has 78 valence electrons. The van der Waals surface area contributed by atoms with E-state index in [2.05, 4.69) is 0 Å². The lowest BCUT2D eigenvalue weighted by atomic mass is 10.2. The third kappa shape index (κ3) is 1.98. The summed E-state index contributed by atoms with van der Waals surface area (Å²) >= 11 is 0. The molecule has 0 rings (SSSR count). The summed E-state index contributed by atoms with van der Waals surface area (Å²) in [6, 6.07) is 0. The van der Waals surface area contributed by atoms with E-state index in [1.807, 2.05) is 0 Å². The number of amides is 1. The number of nitrogens with zero attached hydrogens (tertiary/aromatic N) is 1. The highest BCUT2D eigenvalue weighted by Crippen LogP contribution is 2.18. The molecule has 7 heteroatoms. The summed E-state index contributed by atoms with van der Waals surface area (Å²) in [5.74, 6) is -0.957. The first kappa shape index (κ1) is 12.3. The zero-order chi connectivity index (χ0) is 10.9. The van der Waals surface area contributed by atoms with Gasteiger partial charge in [0.05, 0.1) is 0 Å². The van der Waals surface area contributed by atoms with Crippen molar-refractivity contribution >= 4 is 15.9 Å². The SMILES string of the molecule is CN(C)S(=O)(=O)C(C)(C)C(=O)NO. The van der Waals surface area contributed by atoms with Crippen LogP contribution in [0.2, 0.25) is 0 Å². The van der Waals surface area contributed by atoms with Crippen LogP contribution in [0.5, 0.6) is 0 Å². The molecular weight excluding hydrogens is 196 g/mol. The highest BCUT2D eigenvalue weighted by Gasteiger charge is 2.43. The van der Waals surface area contributed by atoms with Crippen molar-refractivity contribution in [2.75, 3.05) is 14.1 Å². The molecule has 0 unspecified atom stereocenters. The molecule has 6 nitrogen and oxygen atoms in total. The van der Waals surface area contributed by atoms with Crippen molar-refractivity contribution in [3.63, 3.8) is 0 Å². The van der Waals surface area contributed by atoms with Gasteiger partial charge in [0.1, 0.15) is 0 Å². The smallest absolute Gasteiger partial charge is 0.265 e. The molecule has 0 saturated heterocycles. The van der Waals surface area contributed by atoms with Crippen molar-refractivity contribution in [1.29, 1.82) is 0 Å². The van der Waals surface area contributed by atoms with Crippen molar-refractivity contribution in [1.82, 2.24) is 9.79 Å². The fourth-order valence-corrected chi connectivity index (χ4v) is 1.90. The average Bonchev–Trinajstić information content (AvgIpc) is 2.02. The van der Waals surface area contributed by atoms with Crippen LogP contribution >= 0.6 is 0 Å². The number of rotatable bonds is 3. The fraction of sp³-hybridized carbons (Fsp3) is 0.833. The third-order valence-corrected chi connectivity index (χ3v) is 4.21. The van der Waals surface area contributed by atoms with Crippen LogP contribution in [0.3, 0.4) is 0 Å². The Morgan fingerprint density at radius 1 is 1.38 bits per heavy atom. The Morgan fingerprint density at radius 2 is 1.77 bits per heavy atom. The van der Waals surface area contributed by atoms with Crippen molar-refractivity contribution in [2.45, 2.75) is 18.6 Å². The second-order valence-corrected chi connectivity index (χ2v) is 5.94. The lowest BCUT2D eigenvalue weighted by Gasteiger charge is -2.25. The summed E-state index contributed by atoms with van der Waals surface area (Å²) in [5.41, 5.74) is 1.32. The summed E-state index contributed by atoms with van der Waals surface area (Å²) in [7, 11) is -1.08. The second kappa shape index (κ2) is 3.60. The number of hydrogen-bond donors (Lipinski definition) is 2. The quantitative estimate of drug-likeness (QED) is 0.470. The molecule has 0 bridgehead atoms. The van der Waals surface area contributed by atoms with Crippen LogP contribution in [0.25, 0.3) is 0 Å². The Kier molecular flexibility index (Phi) is 3.42. The van der Waals surface area contributed by atoms with Gasteiger partial charge < -0.3 is 0 Å². The number of carbonyl (C=O) groups excluding carboxylic acids is 1. The minimum atomic E-state index is -3.73. The van der Waals surface area contributed by atoms with E-state index in [-0.39, 0.29) is 0 Å². The fourth-order valence-electron chi connectivity index (χ4n) is 0.708. The number of hydrogen-bond acceptors (Lipinski definition) is 4. The number of sulfonamides is 1. The van der Waals surface area contributed by atoms with Crippen LogP contribution in [0.4, 0.5) is 0 Å². The topological polar surface area (TPSA) is 86.7 Å². The number of hydroxylamine groups is 1. The Balaban J connectivity index is 5.17. The molecule has 0 atom stereocenters. The van der Waals surface area contributed by atoms with Gasteiger partial charge in [-0.2, -0.15) is 0 Å². The largest absolute Gasteiger partial charge is 0.289 e. The standard InChI is InChI=1S/C6H14N2O4S/c1-6(2,5(9)7-10)13(11,12)8(3)4/h10H,1-4H3,(H,7,9). The van der Waals surface area contributed by atoms with E-state index in [1.54, 1.807) is 0 Å². The molecule has 0 aliphatic heterocycles. The van der Waals surface area contributed by atoms with E-state index in [1.165, 1.54) is 33.4 Å². The maximum Gasteiger partial charge on any atom is 0.265 e. The molecule has 13 heavy (non-hydrogen) atoms. The minimum Gasteiger partial charge on any atom is -0.289 e. The summed E-state index contributed by atoms with van der Waals surface area (Å²) < 4.78 is 22.3. The Bertz CT molecular complexity index is 294. The number of carbonyl (C=O) groups is 1. The van der Waals surface area contributed by atoms with Crippen molar-refractivity contribution < 1.29 is 18.4 Å². The van der Waals surface area contributed by atoms with Crippen LogP contribution in [-0.4, -0.2) is 42.7 Å². The van der Waals surface area contributed by atoms with E-state index < -0.39 is 20.7 Å². The maximum atomic E-state index is 11.5. The Labute approximate surface area is 77.5 Å². The molecule has 0 aliphatic rings. The predicted molar refractivity (Wildman–Crippen MR) is 46.6 cm³/mol. The molecule has 0 aromatic rings. The monoisotopic (exact) mass is 210 g/mol. The van der Waals surface area contributed by atoms with E-state index in [9.17, 15) is 13.2 Å². The molecule has 0 spiro atoms. The summed E-state index contributed by atoms with van der Waals surface area (Å²) in [5, 5.41) is 8.33. The van der Waals surface area contributed by atoms with Gasteiger partial charge in [-0.15, -0.1) is 0 Å². The van der Waals surface area contributed by atoms with Crippen LogP contribution in [0.15, 0.2) is 0 Å². The first-order chi connectivity index (χ1) is 5.67. The molecule has 1 amide bonds. The van der Waals surface area contributed by atoms with Gasteiger partial charge in [-0.1, -0.05) is 0 Å². The second-order valence-electron chi connectivity index (χ2n) is 3.24. The lowest BCUT2D eigenvalue weighted by molar-refractivity contribution is -0.131. The minimum absolute atomic E-state index is 0.933. The summed E-state index contributed by atoms with van der Waals surface area (Å²) in [4.78, 5) is 11.0. The lowest BCUT2D eigenvalue weighted by Crippen LogP contribution is -2.51. The highest BCUT2D eigenvalue weighted by atomic mass is 32.2. The normalized spacial score (nSPS) is 13.1. The van der Waals surface area contributed by atoms with Gasteiger partial charge in [-0.05, 0) is 13.8 Å². The molecule has 0 saturated carbocycles. The molecule has 0 aromatic carbocycles. The molecule has 0 aliphatic carbocycles. The van der Waals surface area contributed by atoms with Crippen LogP contribution in [0, 0.1) is 0 Å². The van der Waals surface area contributed by atoms with Gasteiger partial charge in [0, 0.05) is 14.1 Å². The Morgan fingerprint density at radius 3 is 2.00 bits per heavy atom. The van der Waals surface area contributed by atoms with E-state index >= 15 is 0 Å². The molecular formula is C6H14N2O4S. The van der Waals surface area contributed by atoms with E-state index in [0.29, 0.717) is 0 Å². The van der Waals surface area contributed by atoms with Crippen molar-refractivity contribution in [2.24, 2.45) is 0 Å². The molecule has 0 aromatic heterocycles. The molecule has 0 radical (unpaired) electrons. The average molecular weight is 210 g/mol. The van der Waals surface area contributed by atoms with Gasteiger partial charge in [-0.3, -0.25) is 10.0 Å². The van der Waals surface area contributed by atoms with Gasteiger partial charge in [0.15, 0.2) is 4.75 Å². The van der Waals surface area contributed by atoms with Crippen LogP contribution < -0.4 is 5.48 Å². The highest BCUT2D eigenvalue weighted by molar-refractivity contribution is 7.91. The first-order valence-electron chi connectivity index (χ1n) is 3.54. The first-order valence-corrected chi connectivity index (χ1v) is 4.98. The third-order valence-electron chi connectivity index (χ3n) is 1.77. The molecule has 2 N–H and O–H groups in total. The van der Waals surface area contributed by atoms with Gasteiger partial charge in [-0.25, -0.2) is 18.2 Å². The van der Waals surface area contributed by atoms with Gasteiger partial charge >= 0.3 is 0 Å². The van der Waals surface area contributed by atoms with Crippen molar-refractivity contribution in [3.8, 4) is 0 Å². The molecule has 0 fully saturated rings. The number of nitrogens with one attached hydrogen (secondary N) is 1.